The molecular weight excluding hydrogens is 439 g/mol. The summed E-state index contributed by atoms with van der Waals surface area (Å²) in [7, 11) is 0. The molecule has 0 aliphatic carbocycles. The summed E-state index contributed by atoms with van der Waals surface area (Å²) in [6.07, 6.45) is 0. The van der Waals surface area contributed by atoms with Crippen LogP contribution in [0.4, 0.5) is 5.69 Å². The molecule has 0 spiro atoms. The Bertz CT molecular complexity index is 1130. The SMILES string of the molecule is CCNC(=O)C(=O)Nn1c(C(=O)Nc2ccc(Cl)c(Cl)c2)cc2cc(Cl)ccc21. The molecule has 29 heavy (non-hydrogen) atoms. The van der Waals surface area contributed by atoms with Gasteiger partial charge in [-0.15, -0.1) is 0 Å². The van der Waals surface area contributed by atoms with Crippen LogP contribution in [-0.2, 0) is 9.59 Å². The summed E-state index contributed by atoms with van der Waals surface area (Å²) in [6, 6.07) is 11.1. The van der Waals surface area contributed by atoms with E-state index in [1.54, 1.807) is 43.3 Å². The third-order valence-electron chi connectivity index (χ3n) is 3.93. The number of hydrogen-bond donors (Lipinski definition) is 3. The Morgan fingerprint density at radius 3 is 2.38 bits per heavy atom. The number of carbonyl (C=O) groups excluding carboxylic acids is 3. The van der Waals surface area contributed by atoms with Crippen LogP contribution >= 0.6 is 34.8 Å². The molecule has 3 aromatic rings. The Labute approximate surface area is 180 Å². The minimum atomic E-state index is -0.914. The Hall–Kier alpha value is -2.74. The van der Waals surface area contributed by atoms with E-state index in [1.165, 1.54) is 10.7 Å². The molecule has 3 N–H and O–H groups in total. The zero-order valence-corrected chi connectivity index (χ0v) is 17.3. The van der Waals surface area contributed by atoms with Crippen LogP contribution in [0.1, 0.15) is 17.4 Å². The highest BCUT2D eigenvalue weighted by Crippen LogP contribution is 2.27. The molecule has 10 heteroatoms. The van der Waals surface area contributed by atoms with Crippen LogP contribution in [0.5, 0.6) is 0 Å². The molecule has 3 amide bonds. The minimum Gasteiger partial charge on any atom is -0.348 e. The molecule has 7 nitrogen and oxygen atoms in total. The number of nitrogens with zero attached hydrogens (tertiary/aromatic N) is 1. The Kier molecular flexibility index (Phi) is 6.32. The number of anilines is 1. The topological polar surface area (TPSA) is 92.2 Å². The lowest BCUT2D eigenvalue weighted by Crippen LogP contribution is -2.39. The van der Waals surface area contributed by atoms with E-state index in [2.05, 4.69) is 16.1 Å². The van der Waals surface area contributed by atoms with Gasteiger partial charge in [-0.25, -0.2) is 4.68 Å². The average Bonchev–Trinajstić information content (AvgIpc) is 3.02. The van der Waals surface area contributed by atoms with Crippen molar-refractivity contribution in [1.29, 1.82) is 0 Å². The van der Waals surface area contributed by atoms with Crippen molar-refractivity contribution < 1.29 is 14.4 Å². The van der Waals surface area contributed by atoms with Gasteiger partial charge in [-0.05, 0) is 49.4 Å². The van der Waals surface area contributed by atoms with Gasteiger partial charge in [0.05, 0.1) is 15.6 Å². The summed E-state index contributed by atoms with van der Waals surface area (Å²) in [6.45, 7) is 1.98. The second-order valence-corrected chi connectivity index (χ2v) is 7.20. The van der Waals surface area contributed by atoms with Gasteiger partial charge in [0.1, 0.15) is 5.69 Å². The molecule has 0 saturated carbocycles. The molecule has 0 saturated heterocycles. The van der Waals surface area contributed by atoms with Crippen LogP contribution < -0.4 is 16.1 Å². The lowest BCUT2D eigenvalue weighted by Gasteiger charge is -2.12. The van der Waals surface area contributed by atoms with Crippen molar-refractivity contribution in [2.45, 2.75) is 6.92 Å². The number of likely N-dealkylation sites (N-methyl/N-ethyl adjacent to an activating group) is 1. The first kappa shape index (κ1) is 21.0. The minimum absolute atomic E-state index is 0.0889. The van der Waals surface area contributed by atoms with Crippen molar-refractivity contribution in [2.75, 3.05) is 17.3 Å². The van der Waals surface area contributed by atoms with Crippen LogP contribution in [0.15, 0.2) is 42.5 Å². The van der Waals surface area contributed by atoms with E-state index >= 15 is 0 Å². The number of halogens is 3. The normalized spacial score (nSPS) is 10.6. The number of benzene rings is 2. The molecule has 0 atom stereocenters. The van der Waals surface area contributed by atoms with Crippen molar-refractivity contribution >= 4 is 69.1 Å². The van der Waals surface area contributed by atoms with Crippen LogP contribution in [-0.4, -0.2) is 28.9 Å². The summed E-state index contributed by atoms with van der Waals surface area (Å²) in [4.78, 5) is 36.9. The van der Waals surface area contributed by atoms with Gasteiger partial charge >= 0.3 is 11.8 Å². The molecule has 1 aromatic heterocycles. The quantitative estimate of drug-likeness (QED) is 0.520. The fourth-order valence-electron chi connectivity index (χ4n) is 2.64. The summed E-state index contributed by atoms with van der Waals surface area (Å²) in [5.74, 6) is -2.27. The average molecular weight is 454 g/mol. The summed E-state index contributed by atoms with van der Waals surface area (Å²) < 4.78 is 1.23. The van der Waals surface area contributed by atoms with Gasteiger partial charge in [0.25, 0.3) is 5.91 Å². The zero-order chi connectivity index (χ0) is 21.1. The molecular formula is C19H15Cl3N4O3. The van der Waals surface area contributed by atoms with Crippen molar-refractivity contribution in [2.24, 2.45) is 0 Å². The highest BCUT2D eigenvalue weighted by atomic mass is 35.5. The van der Waals surface area contributed by atoms with E-state index < -0.39 is 17.7 Å². The molecule has 2 aromatic carbocycles. The monoisotopic (exact) mass is 452 g/mol. The number of fused-ring (bicyclic) bond motifs is 1. The Morgan fingerprint density at radius 2 is 1.69 bits per heavy atom. The second kappa shape index (κ2) is 8.73. The third-order valence-corrected chi connectivity index (χ3v) is 4.90. The molecule has 3 rings (SSSR count). The number of carbonyl (C=O) groups is 3. The molecule has 0 aliphatic heterocycles. The maximum absolute atomic E-state index is 12.9. The number of hydrogen-bond acceptors (Lipinski definition) is 3. The molecule has 0 fully saturated rings. The fourth-order valence-corrected chi connectivity index (χ4v) is 3.11. The number of amides is 3. The first-order valence-corrected chi connectivity index (χ1v) is 9.60. The fraction of sp³-hybridized carbons (Fsp3) is 0.105. The second-order valence-electron chi connectivity index (χ2n) is 5.95. The van der Waals surface area contributed by atoms with E-state index in [0.717, 1.165) is 0 Å². The summed E-state index contributed by atoms with van der Waals surface area (Å²) in [5.41, 5.74) is 3.43. The van der Waals surface area contributed by atoms with Gasteiger partial charge in [0, 0.05) is 22.6 Å². The van der Waals surface area contributed by atoms with Gasteiger partial charge in [-0.3, -0.25) is 19.8 Å². The van der Waals surface area contributed by atoms with Crippen LogP contribution in [0.2, 0.25) is 15.1 Å². The smallest absolute Gasteiger partial charge is 0.328 e. The zero-order valence-electron chi connectivity index (χ0n) is 15.1. The van der Waals surface area contributed by atoms with Crippen molar-refractivity contribution in [1.82, 2.24) is 9.99 Å². The highest BCUT2D eigenvalue weighted by Gasteiger charge is 2.21. The van der Waals surface area contributed by atoms with Crippen molar-refractivity contribution in [3.8, 4) is 0 Å². The van der Waals surface area contributed by atoms with Gasteiger partial charge < -0.3 is 10.6 Å². The van der Waals surface area contributed by atoms with Gasteiger partial charge in [-0.2, -0.15) is 0 Å². The maximum atomic E-state index is 12.9. The van der Waals surface area contributed by atoms with Gasteiger partial charge in [0.15, 0.2) is 0 Å². The summed E-state index contributed by atoms with van der Waals surface area (Å²) in [5, 5.41) is 6.78. The largest absolute Gasteiger partial charge is 0.348 e. The molecule has 150 valence electrons. The van der Waals surface area contributed by atoms with E-state index in [4.69, 9.17) is 34.8 Å². The third kappa shape index (κ3) is 4.64. The predicted molar refractivity (Wildman–Crippen MR) is 114 cm³/mol. The van der Waals surface area contributed by atoms with E-state index in [-0.39, 0.29) is 10.7 Å². The number of nitrogens with one attached hydrogen (secondary N) is 3. The van der Waals surface area contributed by atoms with Crippen molar-refractivity contribution in [3.63, 3.8) is 0 Å². The summed E-state index contributed by atoms with van der Waals surface area (Å²) >= 11 is 17.9. The molecule has 1 heterocycles. The molecule has 0 radical (unpaired) electrons. The highest BCUT2D eigenvalue weighted by molar-refractivity contribution is 6.42. The van der Waals surface area contributed by atoms with Gasteiger partial charge in [-0.1, -0.05) is 34.8 Å². The lowest BCUT2D eigenvalue weighted by molar-refractivity contribution is -0.136. The van der Waals surface area contributed by atoms with Crippen LogP contribution in [0.25, 0.3) is 10.9 Å². The first-order valence-electron chi connectivity index (χ1n) is 8.46. The molecule has 0 aliphatic rings. The predicted octanol–water partition coefficient (Wildman–Crippen LogP) is 4.06. The first-order chi connectivity index (χ1) is 13.8. The lowest BCUT2D eigenvalue weighted by atomic mass is 10.2. The standard InChI is InChI=1S/C19H15Cl3N4O3/c1-2-23-18(28)19(29)25-26-15-6-3-11(20)7-10(15)8-16(26)17(27)24-12-4-5-13(21)14(22)9-12/h3-9H,2H2,1H3,(H,23,28)(H,24,27)(H,25,29). The van der Waals surface area contributed by atoms with E-state index in [9.17, 15) is 14.4 Å². The Balaban J connectivity index is 1.98. The van der Waals surface area contributed by atoms with E-state index in [0.29, 0.717) is 33.2 Å². The van der Waals surface area contributed by atoms with Crippen LogP contribution in [0, 0.1) is 0 Å². The number of rotatable bonds is 4. The van der Waals surface area contributed by atoms with Crippen molar-refractivity contribution in [3.05, 3.63) is 63.2 Å². The molecule has 0 bridgehead atoms. The van der Waals surface area contributed by atoms with Crippen LogP contribution in [0.3, 0.4) is 0 Å². The number of aromatic nitrogens is 1. The molecule has 0 unspecified atom stereocenters. The maximum Gasteiger partial charge on any atom is 0.328 e. The van der Waals surface area contributed by atoms with Gasteiger partial charge in [0.2, 0.25) is 0 Å². The van der Waals surface area contributed by atoms with E-state index in [1.807, 2.05) is 0 Å². The Morgan fingerprint density at radius 1 is 0.931 bits per heavy atom.